The molecular formula is C11H14ClN3O2S. The van der Waals surface area contributed by atoms with E-state index in [1.807, 2.05) is 12.1 Å². The molecule has 1 aromatic heterocycles. The van der Waals surface area contributed by atoms with Crippen LogP contribution in [0.2, 0.25) is 0 Å². The zero-order valence-corrected chi connectivity index (χ0v) is 11.4. The molecule has 0 radical (unpaired) electrons. The predicted molar refractivity (Wildman–Crippen MR) is 75.8 cm³/mol. The number of nitrogens with zero attached hydrogens (tertiary/aromatic N) is 1. The Balaban J connectivity index is 2.28. The molecule has 18 heavy (non-hydrogen) atoms. The Kier molecular flexibility index (Phi) is 4.11. The van der Waals surface area contributed by atoms with Gasteiger partial charge in [-0.05, 0) is 6.07 Å². The molecule has 2 rings (SSSR count). The summed E-state index contributed by atoms with van der Waals surface area (Å²) < 4.78 is 6.21. The van der Waals surface area contributed by atoms with Gasteiger partial charge in [0.15, 0.2) is 5.13 Å². The third-order valence-electron chi connectivity index (χ3n) is 2.42. The number of anilines is 2. The van der Waals surface area contributed by atoms with Crippen molar-refractivity contribution in [1.82, 2.24) is 4.98 Å². The molecule has 0 bridgehead atoms. The van der Waals surface area contributed by atoms with E-state index in [-0.39, 0.29) is 5.88 Å². The largest absolute Gasteiger partial charge is 0.494 e. The second kappa shape index (κ2) is 5.60. The molecule has 4 N–H and O–H groups in total. The Hall–Kier alpha value is -1.24. The van der Waals surface area contributed by atoms with Crippen molar-refractivity contribution in [1.29, 1.82) is 0 Å². The highest BCUT2D eigenvalue weighted by molar-refractivity contribution is 7.22. The van der Waals surface area contributed by atoms with Gasteiger partial charge in [-0.3, -0.25) is 0 Å². The van der Waals surface area contributed by atoms with Crippen LogP contribution < -0.4 is 15.8 Å². The Morgan fingerprint density at radius 1 is 1.61 bits per heavy atom. The molecule has 1 atom stereocenters. The number of ether oxygens (including phenoxy) is 1. The number of methoxy groups -OCH3 is 1. The summed E-state index contributed by atoms with van der Waals surface area (Å²) in [6, 6.07) is 3.75. The van der Waals surface area contributed by atoms with Crippen molar-refractivity contribution in [3.63, 3.8) is 0 Å². The standard InChI is InChI=1S/C11H14ClN3O2S/c1-17-8-2-6(14-5-7(16)4-12)3-9-10(8)15-11(13)18-9/h2-3,7,14,16H,4-5H2,1H3,(H2,13,15). The van der Waals surface area contributed by atoms with E-state index in [1.165, 1.54) is 11.3 Å². The maximum absolute atomic E-state index is 9.41. The number of rotatable bonds is 5. The van der Waals surface area contributed by atoms with E-state index in [0.717, 1.165) is 15.9 Å². The van der Waals surface area contributed by atoms with E-state index in [2.05, 4.69) is 10.3 Å². The molecule has 5 nitrogen and oxygen atoms in total. The van der Waals surface area contributed by atoms with E-state index < -0.39 is 6.10 Å². The molecule has 1 unspecified atom stereocenters. The Morgan fingerprint density at radius 2 is 2.39 bits per heavy atom. The highest BCUT2D eigenvalue weighted by Gasteiger charge is 2.10. The molecule has 7 heteroatoms. The van der Waals surface area contributed by atoms with Crippen LogP contribution in [0.25, 0.3) is 10.2 Å². The number of nitrogen functional groups attached to an aromatic ring is 1. The fourth-order valence-electron chi connectivity index (χ4n) is 1.56. The molecule has 1 heterocycles. The second-order valence-electron chi connectivity index (χ2n) is 3.77. The van der Waals surface area contributed by atoms with Crippen molar-refractivity contribution in [3.8, 4) is 5.75 Å². The van der Waals surface area contributed by atoms with E-state index in [0.29, 0.717) is 17.4 Å². The summed E-state index contributed by atoms with van der Waals surface area (Å²) in [6.07, 6.45) is -0.583. The average molecular weight is 288 g/mol. The molecule has 98 valence electrons. The third-order valence-corrected chi connectivity index (χ3v) is 3.60. The molecule has 0 aliphatic rings. The number of hydrogen-bond donors (Lipinski definition) is 3. The lowest BCUT2D eigenvalue weighted by atomic mass is 10.2. The van der Waals surface area contributed by atoms with Crippen LogP contribution in [0.5, 0.6) is 5.75 Å². The van der Waals surface area contributed by atoms with Gasteiger partial charge in [0.05, 0.1) is 23.8 Å². The van der Waals surface area contributed by atoms with Crippen molar-refractivity contribution in [2.45, 2.75) is 6.10 Å². The van der Waals surface area contributed by atoms with Crippen molar-refractivity contribution < 1.29 is 9.84 Å². The molecule has 0 aliphatic carbocycles. The first kappa shape index (κ1) is 13.2. The Morgan fingerprint density at radius 3 is 3.06 bits per heavy atom. The van der Waals surface area contributed by atoms with Gasteiger partial charge < -0.3 is 20.9 Å². The molecule has 0 spiro atoms. The Labute approximate surface area is 114 Å². The number of thiazole rings is 1. The average Bonchev–Trinajstić information content (AvgIpc) is 2.74. The summed E-state index contributed by atoms with van der Waals surface area (Å²) in [5, 5.41) is 13.0. The normalized spacial score (nSPS) is 12.6. The van der Waals surface area contributed by atoms with E-state index in [9.17, 15) is 5.11 Å². The fraction of sp³-hybridized carbons (Fsp3) is 0.364. The molecular weight excluding hydrogens is 274 g/mol. The SMILES string of the molecule is COc1cc(NCC(O)CCl)cc2sc(N)nc12. The number of alkyl halides is 1. The number of benzene rings is 1. The van der Waals surface area contributed by atoms with Gasteiger partial charge >= 0.3 is 0 Å². The number of nitrogens with two attached hydrogens (primary N) is 1. The lowest BCUT2D eigenvalue weighted by molar-refractivity contribution is 0.211. The van der Waals surface area contributed by atoms with Gasteiger partial charge in [-0.15, -0.1) is 11.6 Å². The fourth-order valence-corrected chi connectivity index (χ4v) is 2.46. The summed E-state index contributed by atoms with van der Waals surface area (Å²) in [5.74, 6) is 0.850. The minimum Gasteiger partial charge on any atom is -0.494 e. The van der Waals surface area contributed by atoms with Gasteiger partial charge in [-0.25, -0.2) is 4.98 Å². The molecule has 1 aromatic carbocycles. The minimum atomic E-state index is -0.583. The van der Waals surface area contributed by atoms with Crippen molar-refractivity contribution >= 4 is 44.0 Å². The van der Waals surface area contributed by atoms with Gasteiger partial charge in [0.25, 0.3) is 0 Å². The number of halogens is 1. The van der Waals surface area contributed by atoms with Crippen LogP contribution in [-0.2, 0) is 0 Å². The number of fused-ring (bicyclic) bond motifs is 1. The van der Waals surface area contributed by atoms with E-state index in [4.69, 9.17) is 22.1 Å². The maximum Gasteiger partial charge on any atom is 0.181 e. The molecule has 0 saturated heterocycles. The van der Waals surface area contributed by atoms with Crippen LogP contribution in [-0.4, -0.2) is 35.7 Å². The molecule has 2 aromatic rings. The predicted octanol–water partition coefficient (Wildman–Crippen LogP) is 1.90. The van der Waals surface area contributed by atoms with Crippen LogP contribution >= 0.6 is 22.9 Å². The third kappa shape index (κ3) is 2.77. The van der Waals surface area contributed by atoms with Crippen molar-refractivity contribution in [2.24, 2.45) is 0 Å². The smallest absolute Gasteiger partial charge is 0.181 e. The molecule has 0 saturated carbocycles. The zero-order valence-electron chi connectivity index (χ0n) is 9.81. The summed E-state index contributed by atoms with van der Waals surface area (Å²) in [5.41, 5.74) is 7.28. The number of hydrogen-bond acceptors (Lipinski definition) is 6. The van der Waals surface area contributed by atoms with Crippen LogP contribution in [0, 0.1) is 0 Å². The first-order valence-corrected chi connectivity index (χ1v) is 6.71. The quantitative estimate of drug-likeness (QED) is 0.732. The Bertz CT molecular complexity index is 546. The topological polar surface area (TPSA) is 80.4 Å². The highest BCUT2D eigenvalue weighted by atomic mass is 35.5. The zero-order chi connectivity index (χ0) is 13.1. The monoisotopic (exact) mass is 287 g/mol. The number of aromatic nitrogens is 1. The van der Waals surface area contributed by atoms with Crippen LogP contribution in [0.3, 0.4) is 0 Å². The maximum atomic E-state index is 9.41. The van der Waals surface area contributed by atoms with Gasteiger partial charge in [0.1, 0.15) is 11.3 Å². The molecule has 0 aliphatic heterocycles. The van der Waals surface area contributed by atoms with Gasteiger partial charge in [0, 0.05) is 18.3 Å². The molecule has 0 fully saturated rings. The molecule has 0 amide bonds. The van der Waals surface area contributed by atoms with Gasteiger partial charge in [0.2, 0.25) is 0 Å². The van der Waals surface area contributed by atoms with Crippen molar-refractivity contribution in [3.05, 3.63) is 12.1 Å². The summed E-state index contributed by atoms with van der Waals surface area (Å²) >= 11 is 6.93. The highest BCUT2D eigenvalue weighted by Crippen LogP contribution is 2.34. The van der Waals surface area contributed by atoms with E-state index in [1.54, 1.807) is 7.11 Å². The van der Waals surface area contributed by atoms with Gasteiger partial charge in [-0.1, -0.05) is 11.3 Å². The second-order valence-corrected chi connectivity index (χ2v) is 5.14. The lowest BCUT2D eigenvalue weighted by Gasteiger charge is -2.11. The summed E-state index contributed by atoms with van der Waals surface area (Å²) in [4.78, 5) is 4.21. The summed E-state index contributed by atoms with van der Waals surface area (Å²) in [6.45, 7) is 0.381. The summed E-state index contributed by atoms with van der Waals surface area (Å²) in [7, 11) is 1.59. The van der Waals surface area contributed by atoms with E-state index >= 15 is 0 Å². The minimum absolute atomic E-state index is 0.194. The number of nitrogens with one attached hydrogen (secondary N) is 1. The first-order chi connectivity index (χ1) is 8.63. The number of aliphatic hydroxyl groups is 1. The van der Waals surface area contributed by atoms with Crippen molar-refractivity contribution in [2.75, 3.05) is 30.6 Å². The number of aliphatic hydroxyl groups excluding tert-OH is 1. The van der Waals surface area contributed by atoms with Gasteiger partial charge in [-0.2, -0.15) is 0 Å². The van der Waals surface area contributed by atoms with Crippen LogP contribution in [0.1, 0.15) is 0 Å². The van der Waals surface area contributed by atoms with Crippen LogP contribution in [0.15, 0.2) is 12.1 Å². The lowest BCUT2D eigenvalue weighted by Crippen LogP contribution is -2.20. The first-order valence-electron chi connectivity index (χ1n) is 5.36. The van der Waals surface area contributed by atoms with Crippen LogP contribution in [0.4, 0.5) is 10.8 Å².